The summed E-state index contributed by atoms with van der Waals surface area (Å²) in [5, 5.41) is 10.0. The summed E-state index contributed by atoms with van der Waals surface area (Å²) in [6, 6.07) is 10.6. The molecule has 3 aromatic rings. The number of carbonyl (C=O) groups excluding carboxylic acids is 1. The summed E-state index contributed by atoms with van der Waals surface area (Å²) in [4.78, 5) is 26.3. The SMILES string of the molecule is COc1ccc(S(=O)(=O)N2Cc3ccccc3N(C(=O)c3ccc(F)cc3C(F)(F)F)CC2C(=O)O)cc1. The zero-order valence-corrected chi connectivity index (χ0v) is 20.5. The van der Waals surface area contributed by atoms with Crippen LogP contribution in [0.3, 0.4) is 0 Å². The summed E-state index contributed by atoms with van der Waals surface area (Å²) in [6.45, 7) is -1.30. The lowest BCUT2D eigenvalue weighted by molar-refractivity contribution is -0.141. The molecule has 1 aliphatic rings. The molecular formula is C25H20F4N2O6S. The van der Waals surface area contributed by atoms with E-state index in [1.54, 1.807) is 0 Å². The van der Waals surface area contributed by atoms with Crippen molar-refractivity contribution in [2.75, 3.05) is 18.6 Å². The normalized spacial score (nSPS) is 16.4. The van der Waals surface area contributed by atoms with Crippen LogP contribution in [0, 0.1) is 5.82 Å². The Morgan fingerprint density at radius 2 is 1.68 bits per heavy atom. The summed E-state index contributed by atoms with van der Waals surface area (Å²) >= 11 is 0. The highest BCUT2D eigenvalue weighted by molar-refractivity contribution is 7.89. The van der Waals surface area contributed by atoms with E-state index in [1.165, 1.54) is 55.6 Å². The fourth-order valence-electron chi connectivity index (χ4n) is 4.16. The molecule has 1 aliphatic heterocycles. The molecular weight excluding hydrogens is 532 g/mol. The van der Waals surface area contributed by atoms with E-state index >= 15 is 0 Å². The van der Waals surface area contributed by atoms with Crippen LogP contribution in [0.4, 0.5) is 23.2 Å². The van der Waals surface area contributed by atoms with Crippen molar-refractivity contribution in [3.05, 3.63) is 89.2 Å². The van der Waals surface area contributed by atoms with Gasteiger partial charge in [0.05, 0.1) is 29.7 Å². The van der Waals surface area contributed by atoms with E-state index in [0.29, 0.717) is 22.2 Å². The summed E-state index contributed by atoms with van der Waals surface area (Å²) < 4.78 is 87.5. The van der Waals surface area contributed by atoms with Gasteiger partial charge in [-0.1, -0.05) is 18.2 Å². The number of aliphatic carboxylic acids is 1. The first-order chi connectivity index (χ1) is 17.8. The first-order valence-electron chi connectivity index (χ1n) is 11.0. The average molecular weight is 553 g/mol. The molecule has 13 heteroatoms. The number of nitrogens with zero attached hydrogens (tertiary/aromatic N) is 2. The van der Waals surface area contributed by atoms with E-state index < -0.39 is 64.2 Å². The average Bonchev–Trinajstić information content (AvgIpc) is 3.06. The number of sulfonamides is 1. The van der Waals surface area contributed by atoms with Gasteiger partial charge in [0.1, 0.15) is 17.6 Å². The molecule has 1 unspecified atom stereocenters. The largest absolute Gasteiger partial charge is 0.497 e. The molecule has 0 saturated heterocycles. The van der Waals surface area contributed by atoms with Crippen LogP contribution in [-0.4, -0.2) is 49.4 Å². The number of fused-ring (bicyclic) bond motifs is 1. The fourth-order valence-corrected chi connectivity index (χ4v) is 5.71. The second-order valence-electron chi connectivity index (χ2n) is 8.31. The Morgan fingerprint density at radius 1 is 1.03 bits per heavy atom. The Labute approximate surface area is 214 Å². The molecule has 0 aromatic heterocycles. The number of carbonyl (C=O) groups is 2. The molecule has 8 nitrogen and oxygen atoms in total. The number of carboxylic acid groups (broad SMARTS) is 1. The summed E-state index contributed by atoms with van der Waals surface area (Å²) in [6.07, 6.45) is -5.09. The van der Waals surface area contributed by atoms with Crippen molar-refractivity contribution in [3.8, 4) is 5.75 Å². The monoisotopic (exact) mass is 552 g/mol. The maximum absolute atomic E-state index is 13.7. The number of halogens is 4. The van der Waals surface area contributed by atoms with Gasteiger partial charge in [0, 0.05) is 12.2 Å². The van der Waals surface area contributed by atoms with Gasteiger partial charge >= 0.3 is 12.1 Å². The van der Waals surface area contributed by atoms with E-state index in [4.69, 9.17) is 4.74 Å². The zero-order valence-electron chi connectivity index (χ0n) is 19.6. The molecule has 38 heavy (non-hydrogen) atoms. The van der Waals surface area contributed by atoms with Gasteiger partial charge in [-0.15, -0.1) is 0 Å². The van der Waals surface area contributed by atoms with Crippen LogP contribution in [0.25, 0.3) is 0 Å². The molecule has 200 valence electrons. The Morgan fingerprint density at radius 3 is 2.29 bits per heavy atom. The van der Waals surface area contributed by atoms with Gasteiger partial charge in [0.15, 0.2) is 0 Å². The third kappa shape index (κ3) is 5.07. The summed E-state index contributed by atoms with van der Waals surface area (Å²) in [5.41, 5.74) is -2.26. The third-order valence-corrected chi connectivity index (χ3v) is 7.89. The molecule has 1 amide bonds. The predicted molar refractivity (Wildman–Crippen MR) is 127 cm³/mol. The second kappa shape index (κ2) is 10.1. The van der Waals surface area contributed by atoms with Gasteiger partial charge < -0.3 is 14.7 Å². The van der Waals surface area contributed by atoms with Crippen molar-refractivity contribution < 1.29 is 45.4 Å². The summed E-state index contributed by atoms with van der Waals surface area (Å²) in [5.74, 6) is -3.75. The molecule has 4 rings (SSSR count). The molecule has 0 bridgehead atoms. The minimum Gasteiger partial charge on any atom is -0.497 e. The number of hydrogen-bond acceptors (Lipinski definition) is 5. The smallest absolute Gasteiger partial charge is 0.417 e. The number of ether oxygens (including phenoxy) is 1. The third-order valence-electron chi connectivity index (χ3n) is 6.03. The van der Waals surface area contributed by atoms with E-state index in [-0.39, 0.29) is 22.2 Å². The van der Waals surface area contributed by atoms with Crippen molar-refractivity contribution >= 4 is 27.6 Å². The van der Waals surface area contributed by atoms with Crippen LogP contribution >= 0.6 is 0 Å². The molecule has 0 fully saturated rings. The molecule has 3 aromatic carbocycles. The van der Waals surface area contributed by atoms with E-state index in [0.717, 1.165) is 4.90 Å². The van der Waals surface area contributed by atoms with E-state index in [1.807, 2.05) is 0 Å². The van der Waals surface area contributed by atoms with Gasteiger partial charge in [-0.25, -0.2) is 12.8 Å². The first kappa shape index (κ1) is 27.1. The quantitative estimate of drug-likeness (QED) is 0.477. The van der Waals surface area contributed by atoms with Crippen LogP contribution in [0.5, 0.6) is 5.75 Å². The second-order valence-corrected chi connectivity index (χ2v) is 10.2. The molecule has 0 spiro atoms. The van der Waals surface area contributed by atoms with Gasteiger partial charge in [0.25, 0.3) is 5.91 Å². The van der Waals surface area contributed by atoms with E-state index in [2.05, 4.69) is 0 Å². The highest BCUT2D eigenvalue weighted by Gasteiger charge is 2.43. The minimum atomic E-state index is -5.09. The molecule has 1 heterocycles. The number of carboxylic acids is 1. The number of anilines is 1. The van der Waals surface area contributed by atoms with Crippen LogP contribution < -0.4 is 9.64 Å². The van der Waals surface area contributed by atoms with Crippen molar-refractivity contribution in [2.45, 2.75) is 23.7 Å². The van der Waals surface area contributed by atoms with Gasteiger partial charge in [-0.2, -0.15) is 17.5 Å². The Bertz CT molecular complexity index is 1490. The lowest BCUT2D eigenvalue weighted by Crippen LogP contribution is -2.50. The Hall–Kier alpha value is -3.97. The molecule has 1 N–H and O–H groups in total. The van der Waals surface area contributed by atoms with Gasteiger partial charge in [0.2, 0.25) is 10.0 Å². The van der Waals surface area contributed by atoms with Crippen LogP contribution in [0.15, 0.2) is 71.6 Å². The number of amides is 1. The van der Waals surface area contributed by atoms with Crippen molar-refractivity contribution in [2.24, 2.45) is 0 Å². The minimum absolute atomic E-state index is 0.0219. The number of rotatable bonds is 5. The van der Waals surface area contributed by atoms with Crippen molar-refractivity contribution in [1.82, 2.24) is 4.31 Å². The van der Waals surface area contributed by atoms with Crippen LogP contribution in [0.2, 0.25) is 0 Å². The number of hydrogen-bond donors (Lipinski definition) is 1. The number of methoxy groups -OCH3 is 1. The Balaban J connectivity index is 1.84. The number of alkyl halides is 3. The summed E-state index contributed by atoms with van der Waals surface area (Å²) in [7, 11) is -3.09. The molecule has 0 saturated carbocycles. The van der Waals surface area contributed by atoms with E-state index in [9.17, 15) is 40.7 Å². The van der Waals surface area contributed by atoms with Gasteiger partial charge in [-0.3, -0.25) is 9.59 Å². The predicted octanol–water partition coefficient (Wildman–Crippen LogP) is 4.16. The zero-order chi connectivity index (χ0) is 27.8. The lowest BCUT2D eigenvalue weighted by atomic mass is 10.0. The number of benzene rings is 3. The first-order valence-corrected chi connectivity index (χ1v) is 12.4. The maximum atomic E-state index is 13.7. The Kier molecular flexibility index (Phi) is 7.17. The van der Waals surface area contributed by atoms with Crippen molar-refractivity contribution in [3.63, 3.8) is 0 Å². The molecule has 1 atom stereocenters. The van der Waals surface area contributed by atoms with Crippen LogP contribution in [0.1, 0.15) is 21.5 Å². The van der Waals surface area contributed by atoms with Crippen molar-refractivity contribution in [1.29, 1.82) is 0 Å². The highest BCUT2D eigenvalue weighted by Crippen LogP contribution is 2.36. The van der Waals surface area contributed by atoms with Crippen LogP contribution in [-0.2, 0) is 27.5 Å². The molecule has 0 aliphatic carbocycles. The topological polar surface area (TPSA) is 104 Å². The lowest BCUT2D eigenvalue weighted by Gasteiger charge is -2.29. The molecule has 0 radical (unpaired) electrons. The fraction of sp³-hybridized carbons (Fsp3) is 0.200. The van der Waals surface area contributed by atoms with Gasteiger partial charge in [-0.05, 0) is 54.1 Å². The number of para-hydroxylation sites is 1. The standard InChI is InChI=1S/C25H20F4N2O6S/c1-37-17-7-9-18(10-8-17)38(35,36)31-13-15-4-2-3-5-21(15)30(14-22(31)24(33)34)23(32)19-11-6-16(26)12-20(19)25(27,28)29/h2-12,22H,13-14H2,1H3,(H,33,34). The maximum Gasteiger partial charge on any atom is 0.417 e. The highest BCUT2D eigenvalue weighted by atomic mass is 32.2.